The summed E-state index contributed by atoms with van der Waals surface area (Å²) in [6.07, 6.45) is 2.46. The van der Waals surface area contributed by atoms with Crippen molar-refractivity contribution in [3.63, 3.8) is 0 Å². The molecule has 0 spiro atoms. The van der Waals surface area contributed by atoms with Crippen LogP contribution in [0.25, 0.3) is 11.5 Å². The first-order chi connectivity index (χ1) is 10.2. The fourth-order valence-corrected chi connectivity index (χ4v) is 2.77. The third-order valence-electron chi connectivity index (χ3n) is 4.05. The van der Waals surface area contributed by atoms with E-state index in [0.717, 1.165) is 31.0 Å². The smallest absolute Gasteiger partial charge is 0.257 e. The molecule has 0 amide bonds. The zero-order chi connectivity index (χ0) is 14.7. The molecule has 1 aromatic heterocycles. The Bertz CT molecular complexity index is 578. The average molecular weight is 286 g/mol. The van der Waals surface area contributed by atoms with Gasteiger partial charge in [-0.15, -0.1) is 0 Å². The number of likely N-dealkylation sites (N-methyl/N-ethyl adjacent to an activating group) is 1. The summed E-state index contributed by atoms with van der Waals surface area (Å²) < 4.78 is 5.38. The molecule has 1 aliphatic heterocycles. The second kappa shape index (κ2) is 6.37. The number of aromatic nitrogens is 2. The molecule has 21 heavy (non-hydrogen) atoms. The fourth-order valence-electron chi connectivity index (χ4n) is 2.77. The Hall–Kier alpha value is -1.72. The summed E-state index contributed by atoms with van der Waals surface area (Å²) in [6.45, 7) is 4.97. The van der Waals surface area contributed by atoms with E-state index in [9.17, 15) is 0 Å². The van der Waals surface area contributed by atoms with E-state index in [-0.39, 0.29) is 0 Å². The molecular formula is C16H22N4O. The quantitative estimate of drug-likeness (QED) is 0.934. The van der Waals surface area contributed by atoms with E-state index in [1.54, 1.807) is 0 Å². The molecular weight excluding hydrogens is 264 g/mol. The lowest BCUT2D eigenvalue weighted by Crippen LogP contribution is -2.44. The summed E-state index contributed by atoms with van der Waals surface area (Å²) in [4.78, 5) is 6.90. The molecule has 0 saturated carbocycles. The molecule has 1 saturated heterocycles. The van der Waals surface area contributed by atoms with Crippen LogP contribution in [0.1, 0.15) is 24.2 Å². The zero-order valence-electron chi connectivity index (χ0n) is 12.7. The lowest BCUT2D eigenvalue weighted by molar-refractivity contribution is 0.182. The van der Waals surface area contributed by atoms with Crippen molar-refractivity contribution in [3.05, 3.63) is 35.7 Å². The van der Waals surface area contributed by atoms with Crippen molar-refractivity contribution >= 4 is 0 Å². The third kappa shape index (κ3) is 3.49. The second-order valence-corrected chi connectivity index (χ2v) is 5.74. The molecule has 0 aliphatic carbocycles. The number of piperidine rings is 1. The molecule has 5 heteroatoms. The molecule has 1 N–H and O–H groups in total. The van der Waals surface area contributed by atoms with Crippen molar-refractivity contribution in [2.45, 2.75) is 32.4 Å². The van der Waals surface area contributed by atoms with Crippen LogP contribution in [-0.2, 0) is 6.54 Å². The predicted molar refractivity (Wildman–Crippen MR) is 81.8 cm³/mol. The maximum atomic E-state index is 5.38. The van der Waals surface area contributed by atoms with Crippen LogP contribution in [0.4, 0.5) is 0 Å². The first kappa shape index (κ1) is 14.2. The maximum Gasteiger partial charge on any atom is 0.257 e. The van der Waals surface area contributed by atoms with Crippen LogP contribution in [0, 0.1) is 6.92 Å². The van der Waals surface area contributed by atoms with E-state index in [1.807, 2.05) is 19.2 Å². The van der Waals surface area contributed by atoms with E-state index in [2.05, 4.69) is 39.4 Å². The number of nitrogens with zero attached hydrogens (tertiary/aromatic N) is 3. The van der Waals surface area contributed by atoms with Crippen LogP contribution in [0.5, 0.6) is 0 Å². The summed E-state index contributed by atoms with van der Waals surface area (Å²) in [5.74, 6) is 1.37. The maximum absolute atomic E-state index is 5.38. The predicted octanol–water partition coefficient (Wildman–Crippen LogP) is 2.23. The van der Waals surface area contributed by atoms with Gasteiger partial charge in [-0.3, -0.25) is 4.90 Å². The van der Waals surface area contributed by atoms with Gasteiger partial charge in [-0.05, 0) is 45.5 Å². The first-order valence-electron chi connectivity index (χ1n) is 7.54. The van der Waals surface area contributed by atoms with Crippen LogP contribution >= 0.6 is 0 Å². The van der Waals surface area contributed by atoms with Crippen LogP contribution < -0.4 is 5.32 Å². The van der Waals surface area contributed by atoms with Crippen LogP contribution in [0.3, 0.4) is 0 Å². The lowest BCUT2D eigenvalue weighted by atomic mass is 10.1. The highest BCUT2D eigenvalue weighted by atomic mass is 16.5. The van der Waals surface area contributed by atoms with E-state index in [1.165, 1.54) is 18.4 Å². The van der Waals surface area contributed by atoms with Crippen molar-refractivity contribution in [1.82, 2.24) is 20.4 Å². The number of nitrogens with one attached hydrogen (secondary N) is 1. The summed E-state index contributed by atoms with van der Waals surface area (Å²) >= 11 is 0. The van der Waals surface area contributed by atoms with E-state index in [4.69, 9.17) is 4.52 Å². The van der Waals surface area contributed by atoms with Gasteiger partial charge in [0.05, 0.1) is 6.54 Å². The Labute approximate surface area is 125 Å². The molecule has 1 aromatic carbocycles. The molecule has 5 nitrogen and oxygen atoms in total. The number of hydrogen-bond donors (Lipinski definition) is 1. The summed E-state index contributed by atoms with van der Waals surface area (Å²) in [7, 11) is 2.03. The van der Waals surface area contributed by atoms with Gasteiger partial charge in [0.2, 0.25) is 0 Å². The summed E-state index contributed by atoms with van der Waals surface area (Å²) in [5, 5.41) is 7.46. The zero-order valence-corrected chi connectivity index (χ0v) is 12.7. The Balaban J connectivity index is 1.66. The highest BCUT2D eigenvalue weighted by molar-refractivity contribution is 5.53. The van der Waals surface area contributed by atoms with Crippen LogP contribution in [-0.4, -0.2) is 41.2 Å². The van der Waals surface area contributed by atoms with Gasteiger partial charge in [-0.2, -0.15) is 4.98 Å². The number of benzene rings is 1. The van der Waals surface area contributed by atoms with Crippen LogP contribution in [0.15, 0.2) is 28.8 Å². The van der Waals surface area contributed by atoms with Crippen LogP contribution in [0.2, 0.25) is 0 Å². The van der Waals surface area contributed by atoms with Gasteiger partial charge in [0.25, 0.3) is 5.89 Å². The van der Waals surface area contributed by atoms with Gasteiger partial charge in [0.1, 0.15) is 0 Å². The number of rotatable bonds is 4. The number of likely N-dealkylation sites (tertiary alicyclic amines) is 1. The minimum Gasteiger partial charge on any atom is -0.334 e. The van der Waals surface area contributed by atoms with Crippen molar-refractivity contribution in [1.29, 1.82) is 0 Å². The van der Waals surface area contributed by atoms with Crippen molar-refractivity contribution in [3.8, 4) is 11.5 Å². The molecule has 0 radical (unpaired) electrons. The largest absolute Gasteiger partial charge is 0.334 e. The third-order valence-corrected chi connectivity index (χ3v) is 4.05. The van der Waals surface area contributed by atoms with Gasteiger partial charge in [-0.1, -0.05) is 22.9 Å². The SMILES string of the molecule is CNC1CCCN(Cc2noc(-c3ccc(C)cc3)n2)C1. The molecule has 1 unspecified atom stereocenters. The average Bonchev–Trinajstić information content (AvgIpc) is 2.96. The molecule has 1 atom stereocenters. The normalized spacial score (nSPS) is 19.8. The Morgan fingerprint density at radius 3 is 2.90 bits per heavy atom. The Morgan fingerprint density at radius 1 is 1.33 bits per heavy atom. The standard InChI is InChI=1S/C16H22N4O/c1-12-5-7-13(8-6-12)16-18-15(19-21-16)11-20-9-3-4-14(10-20)17-2/h5-8,14,17H,3-4,9-11H2,1-2H3. The van der Waals surface area contributed by atoms with E-state index < -0.39 is 0 Å². The Morgan fingerprint density at radius 2 is 2.14 bits per heavy atom. The highest BCUT2D eigenvalue weighted by Crippen LogP contribution is 2.19. The van der Waals surface area contributed by atoms with E-state index >= 15 is 0 Å². The first-order valence-corrected chi connectivity index (χ1v) is 7.54. The topological polar surface area (TPSA) is 54.2 Å². The molecule has 2 heterocycles. The van der Waals surface area contributed by atoms with Gasteiger partial charge in [0.15, 0.2) is 5.82 Å². The monoisotopic (exact) mass is 286 g/mol. The van der Waals surface area contributed by atoms with Crippen molar-refractivity contribution < 1.29 is 4.52 Å². The van der Waals surface area contributed by atoms with Gasteiger partial charge < -0.3 is 9.84 Å². The summed E-state index contributed by atoms with van der Waals surface area (Å²) in [6, 6.07) is 8.72. The molecule has 1 aliphatic rings. The van der Waals surface area contributed by atoms with Gasteiger partial charge in [-0.25, -0.2) is 0 Å². The summed E-state index contributed by atoms with van der Waals surface area (Å²) in [5.41, 5.74) is 2.20. The lowest BCUT2D eigenvalue weighted by Gasteiger charge is -2.31. The molecule has 0 bridgehead atoms. The minimum absolute atomic E-state index is 0.571. The van der Waals surface area contributed by atoms with Crippen molar-refractivity contribution in [2.24, 2.45) is 0 Å². The van der Waals surface area contributed by atoms with Gasteiger partial charge in [0, 0.05) is 18.2 Å². The molecule has 3 rings (SSSR count). The second-order valence-electron chi connectivity index (χ2n) is 5.74. The number of aryl methyl sites for hydroxylation is 1. The fraction of sp³-hybridized carbons (Fsp3) is 0.500. The molecule has 2 aromatic rings. The highest BCUT2D eigenvalue weighted by Gasteiger charge is 2.20. The van der Waals surface area contributed by atoms with Gasteiger partial charge >= 0.3 is 0 Å². The minimum atomic E-state index is 0.571. The van der Waals surface area contributed by atoms with Crippen molar-refractivity contribution in [2.75, 3.05) is 20.1 Å². The van der Waals surface area contributed by atoms with E-state index in [0.29, 0.717) is 11.9 Å². The molecule has 1 fully saturated rings. The number of hydrogen-bond acceptors (Lipinski definition) is 5. The molecule has 112 valence electrons. The Kier molecular flexibility index (Phi) is 4.31.